The van der Waals surface area contributed by atoms with E-state index < -0.39 is 63.4 Å². The Balaban J connectivity index is 2.10. The summed E-state index contributed by atoms with van der Waals surface area (Å²) in [6.45, 7) is 0. The van der Waals surface area contributed by atoms with Crippen molar-refractivity contribution in [3.05, 3.63) is 86.6 Å². The summed E-state index contributed by atoms with van der Waals surface area (Å²) in [5.41, 5.74) is -12.2. The third-order valence-electron chi connectivity index (χ3n) is 5.96. The van der Waals surface area contributed by atoms with Crippen molar-refractivity contribution in [3.63, 3.8) is 0 Å². The number of nitrogens with zero attached hydrogens (tertiary/aromatic N) is 3. The number of anilines is 2. The topological polar surface area (TPSA) is 53.5 Å². The normalized spacial score (nSPS) is 12.7. The predicted molar refractivity (Wildman–Crippen MR) is 135 cm³/mol. The van der Waals surface area contributed by atoms with E-state index in [0.717, 1.165) is 24.1 Å². The molecule has 0 saturated heterocycles. The lowest BCUT2D eigenvalue weighted by Gasteiger charge is -2.32. The van der Waals surface area contributed by atoms with E-state index >= 15 is 0 Å². The quantitative estimate of drug-likeness (QED) is 0.199. The van der Waals surface area contributed by atoms with Crippen molar-refractivity contribution >= 4 is 50.7 Å². The third-order valence-corrected chi connectivity index (χ3v) is 6.87. The predicted octanol–water partition coefficient (Wildman–Crippen LogP) is 8.36. The molecule has 0 aliphatic heterocycles. The van der Waals surface area contributed by atoms with Gasteiger partial charge in [-0.05, 0) is 58.4 Å². The number of carbonyl (C=O) groups is 2. The number of alkyl halides is 10. The second-order valence-electron chi connectivity index (χ2n) is 8.63. The van der Waals surface area contributed by atoms with Gasteiger partial charge in [-0.25, -0.2) is 9.37 Å². The van der Waals surface area contributed by atoms with Gasteiger partial charge in [0.1, 0.15) is 5.15 Å². The van der Waals surface area contributed by atoms with E-state index in [-0.39, 0.29) is 28.0 Å². The highest BCUT2D eigenvalue weighted by Crippen LogP contribution is 2.55. The van der Waals surface area contributed by atoms with Crippen LogP contribution in [0.4, 0.5) is 55.3 Å². The molecule has 1 aromatic heterocycles. The van der Waals surface area contributed by atoms with Crippen molar-refractivity contribution in [2.24, 2.45) is 0 Å². The minimum atomic E-state index is -6.68. The maximum absolute atomic E-state index is 14.6. The first-order chi connectivity index (χ1) is 19.1. The molecule has 226 valence electrons. The van der Waals surface area contributed by atoms with Crippen LogP contribution in [-0.2, 0) is 11.8 Å². The minimum absolute atomic E-state index is 0.0176. The summed E-state index contributed by atoms with van der Waals surface area (Å²) in [6, 6.07) is 6.86. The molecule has 0 fully saturated rings. The van der Waals surface area contributed by atoms with Gasteiger partial charge >= 0.3 is 24.2 Å². The monoisotopic (exact) mass is 693 g/mol. The highest BCUT2D eigenvalue weighted by molar-refractivity contribution is 9.10. The Morgan fingerprint density at radius 3 is 1.93 bits per heavy atom. The van der Waals surface area contributed by atoms with Crippen LogP contribution >= 0.6 is 27.5 Å². The molecule has 0 saturated carbocycles. The van der Waals surface area contributed by atoms with Crippen molar-refractivity contribution in [2.45, 2.75) is 24.2 Å². The van der Waals surface area contributed by atoms with Crippen LogP contribution in [0.2, 0.25) is 5.15 Å². The number of amides is 2. The Morgan fingerprint density at radius 2 is 1.40 bits per heavy atom. The van der Waals surface area contributed by atoms with E-state index in [9.17, 15) is 53.5 Å². The molecule has 1 heterocycles. The molecule has 0 bridgehead atoms. The molecule has 3 aromatic rings. The van der Waals surface area contributed by atoms with E-state index in [4.69, 9.17) is 11.6 Å². The molecule has 3 rings (SSSR count). The van der Waals surface area contributed by atoms with Crippen LogP contribution in [0.5, 0.6) is 0 Å². The van der Waals surface area contributed by atoms with Crippen LogP contribution < -0.4 is 9.80 Å². The first-order valence-electron chi connectivity index (χ1n) is 11.1. The van der Waals surface area contributed by atoms with Crippen LogP contribution in [0.3, 0.4) is 0 Å². The summed E-state index contributed by atoms with van der Waals surface area (Å²) >= 11 is 8.41. The van der Waals surface area contributed by atoms with Crippen LogP contribution in [-0.4, -0.2) is 43.2 Å². The number of hydrogen-bond donors (Lipinski definition) is 0. The molecule has 42 heavy (non-hydrogen) atoms. The zero-order valence-electron chi connectivity index (χ0n) is 20.9. The number of hydrogen-bond acceptors (Lipinski definition) is 3. The van der Waals surface area contributed by atoms with Crippen molar-refractivity contribution in [1.29, 1.82) is 0 Å². The Bertz CT molecular complexity index is 1510. The Hall–Kier alpha value is -3.40. The molecule has 0 unspecified atom stereocenters. The Labute approximate surface area is 243 Å². The standard InChI is InChI=1S/C25H15BrClF10N3O2/c1-39(21(42)15-7-4-8-38-19(15)27)14-6-3-5-12(9-14)20(41)40(2)18-16(23(29,30)31)10-13(11-17(18)26)22(28,24(32,33)34)25(35,36)37/h3-11H,1-2H3. The molecule has 0 aliphatic rings. The molecular weight excluding hydrogens is 680 g/mol. The molecule has 2 amide bonds. The molecule has 0 radical (unpaired) electrons. The molecule has 2 aromatic carbocycles. The van der Waals surface area contributed by atoms with E-state index in [1.165, 1.54) is 37.5 Å². The highest BCUT2D eigenvalue weighted by atomic mass is 79.9. The molecule has 17 heteroatoms. The van der Waals surface area contributed by atoms with Crippen LogP contribution in [0.1, 0.15) is 31.8 Å². The summed E-state index contributed by atoms with van der Waals surface area (Å²) in [4.78, 5) is 31.2. The van der Waals surface area contributed by atoms with Crippen molar-refractivity contribution in [3.8, 4) is 0 Å². The fourth-order valence-corrected chi connectivity index (χ4v) is 4.76. The molecular formula is C25H15BrClF10N3O2. The van der Waals surface area contributed by atoms with Gasteiger partial charge < -0.3 is 9.80 Å². The zero-order chi connectivity index (χ0) is 32.0. The van der Waals surface area contributed by atoms with Crippen molar-refractivity contribution in [2.75, 3.05) is 23.9 Å². The van der Waals surface area contributed by atoms with Crippen LogP contribution in [0.25, 0.3) is 0 Å². The number of pyridine rings is 1. The lowest BCUT2D eigenvalue weighted by atomic mass is 9.91. The number of rotatable bonds is 5. The van der Waals surface area contributed by atoms with E-state index in [1.807, 2.05) is 0 Å². The summed E-state index contributed by atoms with van der Waals surface area (Å²) in [5, 5.41) is -0.136. The highest BCUT2D eigenvalue weighted by Gasteiger charge is 2.73. The van der Waals surface area contributed by atoms with Crippen LogP contribution in [0.15, 0.2) is 59.2 Å². The maximum Gasteiger partial charge on any atom is 0.435 e. The summed E-state index contributed by atoms with van der Waals surface area (Å²) in [7, 11) is 2.06. The molecule has 0 atom stereocenters. The van der Waals surface area contributed by atoms with Gasteiger partial charge in [-0.15, -0.1) is 0 Å². The van der Waals surface area contributed by atoms with Gasteiger partial charge in [0, 0.05) is 41.6 Å². The maximum atomic E-state index is 14.6. The largest absolute Gasteiger partial charge is 0.435 e. The summed E-state index contributed by atoms with van der Waals surface area (Å²) < 4.78 is 135. The number of benzene rings is 2. The van der Waals surface area contributed by atoms with E-state index in [0.29, 0.717) is 4.90 Å². The summed E-state index contributed by atoms with van der Waals surface area (Å²) in [5.74, 6) is -1.89. The molecule has 0 spiro atoms. The molecule has 0 aliphatic carbocycles. The van der Waals surface area contributed by atoms with Crippen LogP contribution in [0, 0.1) is 0 Å². The second-order valence-corrected chi connectivity index (χ2v) is 9.84. The number of halogens is 12. The van der Waals surface area contributed by atoms with Gasteiger partial charge in [-0.3, -0.25) is 9.59 Å². The van der Waals surface area contributed by atoms with Gasteiger partial charge in [-0.2, -0.15) is 39.5 Å². The lowest BCUT2D eigenvalue weighted by molar-refractivity contribution is -0.348. The smallest absolute Gasteiger partial charge is 0.311 e. The second kappa shape index (κ2) is 11.4. The van der Waals surface area contributed by atoms with Gasteiger partial charge in [-0.1, -0.05) is 17.7 Å². The first kappa shape index (κ1) is 33.1. The van der Waals surface area contributed by atoms with Crippen molar-refractivity contribution in [1.82, 2.24) is 4.98 Å². The molecule has 0 N–H and O–H groups in total. The van der Waals surface area contributed by atoms with Crippen molar-refractivity contribution < 1.29 is 53.5 Å². The lowest BCUT2D eigenvalue weighted by Crippen LogP contribution is -2.50. The van der Waals surface area contributed by atoms with Gasteiger partial charge in [0.05, 0.1) is 16.8 Å². The minimum Gasteiger partial charge on any atom is -0.311 e. The van der Waals surface area contributed by atoms with Gasteiger partial charge in [0.25, 0.3) is 11.8 Å². The van der Waals surface area contributed by atoms with Gasteiger partial charge in [0.2, 0.25) is 0 Å². The fourth-order valence-electron chi connectivity index (χ4n) is 3.83. The Morgan fingerprint density at radius 1 is 0.810 bits per heavy atom. The van der Waals surface area contributed by atoms with Gasteiger partial charge in [0.15, 0.2) is 0 Å². The SMILES string of the molecule is CN(C(=O)c1cccnc1Cl)c1cccc(C(=O)N(C)c2c(Br)cc(C(F)(C(F)(F)F)C(F)(F)F)cc2C(F)(F)F)c1. The first-order valence-corrected chi connectivity index (χ1v) is 12.3. The number of carbonyl (C=O) groups excluding carboxylic acids is 2. The summed E-state index contributed by atoms with van der Waals surface area (Å²) in [6.07, 6.45) is -17.7. The van der Waals surface area contributed by atoms with E-state index in [1.54, 1.807) is 0 Å². The number of aromatic nitrogens is 1. The average molecular weight is 695 g/mol. The molecule has 5 nitrogen and oxygen atoms in total. The van der Waals surface area contributed by atoms with E-state index in [2.05, 4.69) is 20.9 Å². The Kier molecular flexibility index (Phi) is 8.95. The fraction of sp³-hybridized carbons (Fsp3) is 0.240. The third kappa shape index (κ3) is 6.04. The average Bonchev–Trinajstić information content (AvgIpc) is 2.89. The zero-order valence-corrected chi connectivity index (χ0v) is 23.2.